The highest BCUT2D eigenvalue weighted by atomic mass is 32.2. The van der Waals surface area contributed by atoms with Crippen LogP contribution in [0.5, 0.6) is 0 Å². The number of rotatable bonds is 4. The zero-order chi connectivity index (χ0) is 22.0. The molecule has 1 aliphatic heterocycles. The number of carbonyl (C=O) groups excluding carboxylic acids is 2. The van der Waals surface area contributed by atoms with Crippen molar-refractivity contribution in [1.82, 2.24) is 5.32 Å². The molecular weight excluding hydrogens is 408 g/mol. The normalized spacial score (nSPS) is 18.4. The molecule has 5 nitrogen and oxygen atoms in total. The number of hydrogen-bond donors (Lipinski definition) is 2. The fourth-order valence-corrected chi connectivity index (χ4v) is 4.57. The Morgan fingerprint density at radius 2 is 1.84 bits per heavy atom. The van der Waals surface area contributed by atoms with Crippen LogP contribution in [0, 0.1) is 6.92 Å². The molecule has 1 amide bonds. The van der Waals surface area contributed by atoms with Crippen molar-refractivity contribution in [1.29, 1.82) is 0 Å². The molecule has 1 heterocycles. The third-order valence-corrected chi connectivity index (χ3v) is 6.49. The molecule has 2 aliphatic rings. The first-order valence-electron chi connectivity index (χ1n) is 10.4. The minimum Gasteiger partial charge on any atom is -0.412 e. The van der Waals surface area contributed by atoms with Crippen molar-refractivity contribution in [2.24, 2.45) is 0 Å². The first-order valence-corrected chi connectivity index (χ1v) is 11.6. The van der Waals surface area contributed by atoms with E-state index in [1.807, 2.05) is 68.6 Å². The number of dihydropyridines is 1. The summed E-state index contributed by atoms with van der Waals surface area (Å²) in [6, 6.07) is 15.7. The zero-order valence-corrected chi connectivity index (χ0v) is 18.8. The third-order valence-electron chi connectivity index (χ3n) is 5.75. The molecule has 6 heteroatoms. The van der Waals surface area contributed by atoms with Gasteiger partial charge in [0.15, 0.2) is 5.78 Å². The van der Waals surface area contributed by atoms with Gasteiger partial charge in [-0.3, -0.25) is 10.1 Å². The van der Waals surface area contributed by atoms with Gasteiger partial charge < -0.3 is 10.1 Å². The van der Waals surface area contributed by atoms with Crippen LogP contribution >= 0.6 is 11.8 Å². The van der Waals surface area contributed by atoms with Gasteiger partial charge in [-0.1, -0.05) is 30.3 Å². The second-order valence-corrected chi connectivity index (χ2v) is 8.70. The number of amides is 1. The maximum absolute atomic E-state index is 12.9. The SMILES string of the molecule is CSc1ccc(C2C(OC(=O)Nc3ccccc3C)=C(C)NC3=C2C(=O)CCC3)cc1. The summed E-state index contributed by atoms with van der Waals surface area (Å²) in [5.41, 5.74) is 5.01. The molecule has 0 bridgehead atoms. The number of aryl methyl sites for hydroxylation is 1. The molecule has 4 rings (SSSR count). The van der Waals surface area contributed by atoms with Crippen LogP contribution in [0.1, 0.15) is 43.2 Å². The number of thioether (sulfide) groups is 1. The van der Waals surface area contributed by atoms with Gasteiger partial charge in [0.05, 0.1) is 11.6 Å². The summed E-state index contributed by atoms with van der Waals surface area (Å²) in [5, 5.41) is 6.16. The van der Waals surface area contributed by atoms with Gasteiger partial charge in [0.1, 0.15) is 5.76 Å². The monoisotopic (exact) mass is 434 g/mol. The van der Waals surface area contributed by atoms with Crippen molar-refractivity contribution in [2.45, 2.75) is 43.9 Å². The minimum atomic E-state index is -0.566. The van der Waals surface area contributed by atoms with Gasteiger partial charge in [0.25, 0.3) is 0 Å². The highest BCUT2D eigenvalue weighted by Crippen LogP contribution is 2.42. The molecule has 0 fully saturated rings. The Bertz CT molecular complexity index is 1090. The first-order chi connectivity index (χ1) is 15.0. The highest BCUT2D eigenvalue weighted by Gasteiger charge is 2.37. The molecule has 0 spiro atoms. The number of nitrogens with one attached hydrogen (secondary N) is 2. The van der Waals surface area contributed by atoms with E-state index in [1.54, 1.807) is 11.8 Å². The number of ether oxygens (including phenoxy) is 1. The standard InChI is InChI=1S/C25H26N2O3S/c1-15-7-4-5-8-19(15)27-25(29)30-24-16(2)26-20-9-6-10-21(28)23(20)22(24)17-11-13-18(31-3)14-12-17/h4-5,7-8,11-14,22,26H,6,9-10H2,1-3H3,(H,27,29). The van der Waals surface area contributed by atoms with E-state index < -0.39 is 12.0 Å². The Labute approximate surface area is 187 Å². The van der Waals surface area contributed by atoms with E-state index in [-0.39, 0.29) is 5.78 Å². The lowest BCUT2D eigenvalue weighted by atomic mass is 9.78. The van der Waals surface area contributed by atoms with Crippen molar-refractivity contribution in [3.05, 3.63) is 82.4 Å². The summed E-state index contributed by atoms with van der Waals surface area (Å²) in [4.78, 5) is 26.9. The molecule has 1 aliphatic carbocycles. The van der Waals surface area contributed by atoms with E-state index in [9.17, 15) is 9.59 Å². The molecular formula is C25H26N2O3S. The van der Waals surface area contributed by atoms with E-state index in [4.69, 9.17) is 4.74 Å². The Morgan fingerprint density at radius 3 is 2.55 bits per heavy atom. The summed E-state index contributed by atoms with van der Waals surface area (Å²) in [7, 11) is 0. The van der Waals surface area contributed by atoms with E-state index in [0.29, 0.717) is 23.4 Å². The largest absolute Gasteiger partial charge is 0.416 e. The number of ketones is 1. The number of carbonyl (C=O) groups is 2. The molecule has 160 valence electrons. The third kappa shape index (κ3) is 4.39. The maximum Gasteiger partial charge on any atom is 0.416 e. The van der Waals surface area contributed by atoms with Crippen molar-refractivity contribution in [3.8, 4) is 0 Å². The Morgan fingerprint density at radius 1 is 1.10 bits per heavy atom. The molecule has 2 N–H and O–H groups in total. The quantitative estimate of drug-likeness (QED) is 0.587. The van der Waals surface area contributed by atoms with Crippen LogP contribution in [0.4, 0.5) is 10.5 Å². The minimum absolute atomic E-state index is 0.112. The predicted octanol–water partition coefficient (Wildman–Crippen LogP) is 5.89. The van der Waals surface area contributed by atoms with Crippen LogP contribution in [-0.2, 0) is 9.53 Å². The fourth-order valence-electron chi connectivity index (χ4n) is 4.16. The average molecular weight is 435 g/mol. The Kier molecular flexibility index (Phi) is 6.18. The van der Waals surface area contributed by atoms with Crippen LogP contribution in [-0.4, -0.2) is 18.1 Å². The van der Waals surface area contributed by atoms with Gasteiger partial charge in [-0.05, 0) is 62.3 Å². The van der Waals surface area contributed by atoms with Crippen LogP contribution in [0.25, 0.3) is 0 Å². The van der Waals surface area contributed by atoms with Crippen molar-refractivity contribution in [2.75, 3.05) is 11.6 Å². The van der Waals surface area contributed by atoms with Gasteiger partial charge in [0.2, 0.25) is 0 Å². The summed E-state index contributed by atoms with van der Waals surface area (Å²) >= 11 is 1.66. The fraction of sp³-hybridized carbons (Fsp3) is 0.280. The van der Waals surface area contributed by atoms with Crippen LogP contribution < -0.4 is 10.6 Å². The number of benzene rings is 2. The number of para-hydroxylation sites is 1. The van der Waals surface area contributed by atoms with Crippen molar-refractivity contribution in [3.63, 3.8) is 0 Å². The molecule has 2 aromatic carbocycles. The molecule has 1 atom stereocenters. The average Bonchev–Trinajstić information content (AvgIpc) is 2.76. The van der Waals surface area contributed by atoms with Crippen LogP contribution in [0.2, 0.25) is 0 Å². The van der Waals surface area contributed by atoms with Gasteiger partial charge in [-0.15, -0.1) is 11.8 Å². The smallest absolute Gasteiger partial charge is 0.412 e. The molecule has 0 saturated carbocycles. The van der Waals surface area contributed by atoms with Crippen LogP contribution in [0.15, 0.2) is 76.2 Å². The Balaban J connectivity index is 1.69. The molecule has 2 aromatic rings. The summed E-state index contributed by atoms with van der Waals surface area (Å²) in [6.07, 6.45) is 3.63. The maximum atomic E-state index is 12.9. The second-order valence-electron chi connectivity index (χ2n) is 7.82. The predicted molar refractivity (Wildman–Crippen MR) is 124 cm³/mol. The van der Waals surface area contributed by atoms with Gasteiger partial charge in [-0.25, -0.2) is 4.79 Å². The number of hydrogen-bond acceptors (Lipinski definition) is 5. The van der Waals surface area contributed by atoms with Gasteiger partial charge >= 0.3 is 6.09 Å². The number of Topliss-reactive ketones (excluding diaryl/α,β-unsaturated/α-hetero) is 1. The summed E-state index contributed by atoms with van der Waals surface area (Å²) in [6.45, 7) is 3.82. The lowest BCUT2D eigenvalue weighted by Gasteiger charge is -2.34. The van der Waals surface area contributed by atoms with E-state index >= 15 is 0 Å². The van der Waals surface area contributed by atoms with E-state index in [0.717, 1.165) is 40.3 Å². The van der Waals surface area contributed by atoms with Gasteiger partial charge in [0, 0.05) is 28.3 Å². The topological polar surface area (TPSA) is 67.4 Å². The van der Waals surface area contributed by atoms with Crippen LogP contribution in [0.3, 0.4) is 0 Å². The molecule has 0 radical (unpaired) electrons. The number of anilines is 1. The zero-order valence-electron chi connectivity index (χ0n) is 18.0. The molecule has 0 aromatic heterocycles. The first kappa shape index (κ1) is 21.2. The van der Waals surface area contributed by atoms with Crippen molar-refractivity contribution < 1.29 is 14.3 Å². The van der Waals surface area contributed by atoms with Gasteiger partial charge in [-0.2, -0.15) is 0 Å². The highest BCUT2D eigenvalue weighted by molar-refractivity contribution is 7.98. The molecule has 0 saturated heterocycles. The lowest BCUT2D eigenvalue weighted by molar-refractivity contribution is -0.116. The lowest BCUT2D eigenvalue weighted by Crippen LogP contribution is -2.33. The second kappa shape index (κ2) is 9.02. The number of allylic oxidation sites excluding steroid dienone is 3. The van der Waals surface area contributed by atoms with E-state index in [1.165, 1.54) is 0 Å². The van der Waals surface area contributed by atoms with E-state index in [2.05, 4.69) is 10.6 Å². The summed E-state index contributed by atoms with van der Waals surface area (Å²) < 4.78 is 5.86. The Hall–Kier alpha value is -2.99. The molecule has 31 heavy (non-hydrogen) atoms. The molecule has 1 unspecified atom stereocenters. The summed E-state index contributed by atoms with van der Waals surface area (Å²) in [5.74, 6) is 0.181. The van der Waals surface area contributed by atoms with Crippen molar-refractivity contribution >= 4 is 29.3 Å².